The van der Waals surface area contributed by atoms with Crippen LogP contribution >= 0.6 is 0 Å². The van der Waals surface area contributed by atoms with Gasteiger partial charge in [-0.05, 0) is 31.0 Å². The Morgan fingerprint density at radius 2 is 2.20 bits per heavy atom. The number of aryl methyl sites for hydroxylation is 2. The van der Waals surface area contributed by atoms with Gasteiger partial charge in [-0.25, -0.2) is 5.43 Å². The Kier molecular flexibility index (Phi) is 4.70. The Hall–Kier alpha value is -1.92. The summed E-state index contributed by atoms with van der Waals surface area (Å²) in [6.07, 6.45) is 4.45. The number of nitrogens with zero attached hydrogens (tertiary/aromatic N) is 3. The summed E-state index contributed by atoms with van der Waals surface area (Å²) in [5.74, 6) is 6.46. The molecule has 2 aromatic heterocycles. The van der Waals surface area contributed by atoms with E-state index in [4.69, 9.17) is 10.6 Å². The van der Waals surface area contributed by atoms with Crippen molar-refractivity contribution in [1.29, 1.82) is 0 Å². The Balaban J connectivity index is 2.29. The SMILES string of the molecule is CCCOc1cncc(C(NN)c2cc(C)nn2C)c1. The molecular weight excluding hydrogens is 254 g/mol. The highest BCUT2D eigenvalue weighted by Gasteiger charge is 2.17. The summed E-state index contributed by atoms with van der Waals surface area (Å²) in [6, 6.07) is 3.79. The number of nitrogens with one attached hydrogen (secondary N) is 1. The lowest BCUT2D eigenvalue weighted by Gasteiger charge is -2.17. The molecule has 0 saturated carbocycles. The molecular formula is C14H21N5O. The van der Waals surface area contributed by atoms with Gasteiger partial charge in [-0.2, -0.15) is 5.10 Å². The number of hydrazine groups is 1. The zero-order valence-electron chi connectivity index (χ0n) is 12.1. The van der Waals surface area contributed by atoms with E-state index in [1.807, 2.05) is 30.8 Å². The van der Waals surface area contributed by atoms with Crippen LogP contribution in [0.3, 0.4) is 0 Å². The molecule has 2 aromatic rings. The first-order valence-corrected chi connectivity index (χ1v) is 6.70. The van der Waals surface area contributed by atoms with Gasteiger partial charge >= 0.3 is 0 Å². The van der Waals surface area contributed by atoms with Crippen LogP contribution in [0.5, 0.6) is 5.75 Å². The van der Waals surface area contributed by atoms with Crippen molar-refractivity contribution in [1.82, 2.24) is 20.2 Å². The van der Waals surface area contributed by atoms with Crippen LogP contribution in [0.2, 0.25) is 0 Å². The first-order valence-electron chi connectivity index (χ1n) is 6.70. The summed E-state index contributed by atoms with van der Waals surface area (Å²) >= 11 is 0. The Labute approximate surface area is 118 Å². The van der Waals surface area contributed by atoms with E-state index < -0.39 is 0 Å². The predicted molar refractivity (Wildman–Crippen MR) is 77.1 cm³/mol. The van der Waals surface area contributed by atoms with Crippen LogP contribution in [0.1, 0.15) is 36.3 Å². The van der Waals surface area contributed by atoms with Gasteiger partial charge in [-0.3, -0.25) is 15.5 Å². The van der Waals surface area contributed by atoms with Crippen molar-refractivity contribution in [3.05, 3.63) is 41.5 Å². The lowest BCUT2D eigenvalue weighted by molar-refractivity contribution is 0.315. The van der Waals surface area contributed by atoms with Crippen LogP contribution in [-0.2, 0) is 7.05 Å². The van der Waals surface area contributed by atoms with E-state index >= 15 is 0 Å². The van der Waals surface area contributed by atoms with Gasteiger partial charge < -0.3 is 4.74 Å². The summed E-state index contributed by atoms with van der Waals surface area (Å²) in [6.45, 7) is 4.70. The van der Waals surface area contributed by atoms with Crippen LogP contribution in [0.4, 0.5) is 0 Å². The third kappa shape index (κ3) is 3.15. The Morgan fingerprint density at radius 1 is 1.40 bits per heavy atom. The molecule has 0 aromatic carbocycles. The Bertz CT molecular complexity index is 566. The smallest absolute Gasteiger partial charge is 0.137 e. The van der Waals surface area contributed by atoms with E-state index in [-0.39, 0.29) is 6.04 Å². The standard InChI is InChI=1S/C14H21N5O/c1-4-5-20-12-7-11(8-16-9-12)14(17-15)13-6-10(2)18-19(13)3/h6-9,14,17H,4-5,15H2,1-3H3. The highest BCUT2D eigenvalue weighted by atomic mass is 16.5. The van der Waals surface area contributed by atoms with Gasteiger partial charge in [0.25, 0.3) is 0 Å². The number of nitrogens with two attached hydrogens (primary N) is 1. The monoisotopic (exact) mass is 275 g/mol. The van der Waals surface area contributed by atoms with Gasteiger partial charge in [0.05, 0.1) is 30.2 Å². The molecule has 2 heterocycles. The highest BCUT2D eigenvalue weighted by molar-refractivity contribution is 5.32. The molecule has 0 fully saturated rings. The van der Waals surface area contributed by atoms with Gasteiger partial charge in [0.15, 0.2) is 0 Å². The zero-order chi connectivity index (χ0) is 14.5. The minimum Gasteiger partial charge on any atom is -0.492 e. The Morgan fingerprint density at radius 3 is 2.80 bits per heavy atom. The van der Waals surface area contributed by atoms with E-state index in [0.717, 1.165) is 29.1 Å². The predicted octanol–water partition coefficient (Wildman–Crippen LogP) is 1.47. The number of hydrogen-bond acceptors (Lipinski definition) is 5. The van der Waals surface area contributed by atoms with Gasteiger partial charge in [-0.1, -0.05) is 6.92 Å². The fourth-order valence-corrected chi connectivity index (χ4v) is 2.15. The molecule has 0 aliphatic carbocycles. The summed E-state index contributed by atoms with van der Waals surface area (Å²) in [5.41, 5.74) is 5.70. The van der Waals surface area contributed by atoms with Crippen LogP contribution < -0.4 is 16.0 Å². The first kappa shape index (κ1) is 14.5. The molecule has 6 heteroatoms. The van der Waals surface area contributed by atoms with Crippen molar-refractivity contribution < 1.29 is 4.74 Å². The maximum absolute atomic E-state index is 5.71. The molecule has 108 valence electrons. The van der Waals surface area contributed by atoms with Crippen LogP contribution in [0, 0.1) is 6.92 Å². The van der Waals surface area contributed by atoms with Gasteiger partial charge in [0, 0.05) is 13.2 Å². The molecule has 0 amide bonds. The average molecular weight is 275 g/mol. The maximum atomic E-state index is 5.71. The molecule has 0 radical (unpaired) electrons. The van der Waals surface area contributed by atoms with Crippen LogP contribution in [-0.4, -0.2) is 21.4 Å². The number of aromatic nitrogens is 3. The molecule has 20 heavy (non-hydrogen) atoms. The van der Waals surface area contributed by atoms with Crippen molar-refractivity contribution in [3.8, 4) is 5.75 Å². The number of ether oxygens (including phenoxy) is 1. The molecule has 0 spiro atoms. The topological polar surface area (TPSA) is 78.0 Å². The minimum atomic E-state index is -0.168. The second-order valence-electron chi connectivity index (χ2n) is 4.74. The fraction of sp³-hybridized carbons (Fsp3) is 0.429. The molecule has 3 N–H and O–H groups in total. The molecule has 0 aliphatic rings. The molecule has 1 atom stereocenters. The van der Waals surface area contributed by atoms with Crippen LogP contribution in [0.15, 0.2) is 24.5 Å². The number of hydrogen-bond donors (Lipinski definition) is 2. The second-order valence-corrected chi connectivity index (χ2v) is 4.74. The molecule has 1 unspecified atom stereocenters. The van der Waals surface area contributed by atoms with Crippen molar-refractivity contribution >= 4 is 0 Å². The second kappa shape index (κ2) is 6.49. The van der Waals surface area contributed by atoms with E-state index in [1.54, 1.807) is 12.4 Å². The molecule has 6 nitrogen and oxygen atoms in total. The molecule has 0 saturated heterocycles. The molecule has 0 bridgehead atoms. The van der Waals surface area contributed by atoms with Crippen LogP contribution in [0.25, 0.3) is 0 Å². The number of rotatable bonds is 6. The zero-order valence-corrected chi connectivity index (χ0v) is 12.1. The normalized spacial score (nSPS) is 12.4. The minimum absolute atomic E-state index is 0.168. The third-order valence-corrected chi connectivity index (χ3v) is 3.04. The fourth-order valence-electron chi connectivity index (χ4n) is 2.15. The number of pyridine rings is 1. The highest BCUT2D eigenvalue weighted by Crippen LogP contribution is 2.24. The van der Waals surface area contributed by atoms with Crippen molar-refractivity contribution in [3.63, 3.8) is 0 Å². The lowest BCUT2D eigenvalue weighted by Crippen LogP contribution is -2.30. The lowest BCUT2D eigenvalue weighted by atomic mass is 10.1. The molecule has 0 aliphatic heterocycles. The van der Waals surface area contributed by atoms with Crippen molar-refractivity contribution in [2.75, 3.05) is 6.61 Å². The first-order chi connectivity index (χ1) is 9.65. The third-order valence-electron chi connectivity index (χ3n) is 3.04. The van der Waals surface area contributed by atoms with Gasteiger partial charge in [-0.15, -0.1) is 0 Å². The summed E-state index contributed by atoms with van der Waals surface area (Å²) < 4.78 is 7.43. The average Bonchev–Trinajstić information content (AvgIpc) is 2.77. The van der Waals surface area contributed by atoms with E-state index in [0.29, 0.717) is 6.61 Å². The summed E-state index contributed by atoms with van der Waals surface area (Å²) in [5, 5.41) is 4.35. The van der Waals surface area contributed by atoms with E-state index in [2.05, 4.69) is 22.4 Å². The van der Waals surface area contributed by atoms with Crippen molar-refractivity contribution in [2.45, 2.75) is 26.3 Å². The van der Waals surface area contributed by atoms with E-state index in [1.165, 1.54) is 0 Å². The quantitative estimate of drug-likeness (QED) is 0.616. The summed E-state index contributed by atoms with van der Waals surface area (Å²) in [4.78, 5) is 4.22. The summed E-state index contributed by atoms with van der Waals surface area (Å²) in [7, 11) is 1.90. The van der Waals surface area contributed by atoms with Gasteiger partial charge in [0.1, 0.15) is 5.75 Å². The van der Waals surface area contributed by atoms with E-state index in [9.17, 15) is 0 Å². The van der Waals surface area contributed by atoms with Gasteiger partial charge in [0.2, 0.25) is 0 Å². The van der Waals surface area contributed by atoms with Crippen molar-refractivity contribution in [2.24, 2.45) is 12.9 Å². The largest absolute Gasteiger partial charge is 0.492 e. The molecule has 2 rings (SSSR count). The maximum Gasteiger partial charge on any atom is 0.137 e.